The van der Waals surface area contributed by atoms with Crippen molar-refractivity contribution in [2.24, 2.45) is 53.3 Å². The molecule has 0 fully saturated rings. The highest BCUT2D eigenvalue weighted by Crippen LogP contribution is 2.46. The molecule has 242 valence electrons. The van der Waals surface area contributed by atoms with Crippen molar-refractivity contribution in [2.75, 3.05) is 13.2 Å². The average Bonchev–Trinajstić information content (AvgIpc) is 2.87. The van der Waals surface area contributed by atoms with Crippen LogP contribution in [0.3, 0.4) is 0 Å². The zero-order valence-corrected chi connectivity index (χ0v) is 27.5. The molecular formula is C33H68O7. The maximum Gasteiger partial charge on any atom is 0.0799 e. The zero-order chi connectivity index (χ0) is 31.4. The molecule has 0 bridgehead atoms. The minimum atomic E-state index is -0.953. The third-order valence-electron chi connectivity index (χ3n) is 10.4. The van der Waals surface area contributed by atoms with Gasteiger partial charge in [0.25, 0.3) is 0 Å². The van der Waals surface area contributed by atoms with E-state index in [0.29, 0.717) is 38.5 Å². The molecule has 7 heteroatoms. The quantitative estimate of drug-likeness (QED) is 0.0997. The summed E-state index contributed by atoms with van der Waals surface area (Å²) in [5, 5.41) is 73.8. The van der Waals surface area contributed by atoms with Crippen molar-refractivity contribution >= 4 is 0 Å². The molecular weight excluding hydrogens is 508 g/mol. The van der Waals surface area contributed by atoms with Crippen molar-refractivity contribution in [3.63, 3.8) is 0 Å². The fourth-order valence-corrected chi connectivity index (χ4v) is 6.79. The molecule has 0 aliphatic carbocycles. The molecule has 0 heterocycles. The molecule has 0 radical (unpaired) electrons. The van der Waals surface area contributed by atoms with Gasteiger partial charge >= 0.3 is 0 Å². The average molecular weight is 577 g/mol. The van der Waals surface area contributed by atoms with Gasteiger partial charge in [-0.15, -0.1) is 0 Å². The maximum absolute atomic E-state index is 11.1. The fourth-order valence-electron chi connectivity index (χ4n) is 6.79. The summed E-state index contributed by atoms with van der Waals surface area (Å²) in [7, 11) is 0. The van der Waals surface area contributed by atoms with Crippen LogP contribution in [0.5, 0.6) is 0 Å². The van der Waals surface area contributed by atoms with Crippen molar-refractivity contribution in [3.05, 3.63) is 0 Å². The first-order valence-electron chi connectivity index (χ1n) is 16.1. The highest BCUT2D eigenvalue weighted by atomic mass is 16.3. The van der Waals surface area contributed by atoms with E-state index in [0.717, 1.165) is 6.42 Å². The molecule has 0 rings (SSSR count). The lowest BCUT2D eigenvalue weighted by Gasteiger charge is -2.45. The summed E-state index contributed by atoms with van der Waals surface area (Å²) >= 11 is 0. The van der Waals surface area contributed by atoms with E-state index >= 15 is 0 Å². The van der Waals surface area contributed by atoms with Crippen LogP contribution in [0.4, 0.5) is 0 Å². The largest absolute Gasteiger partial charge is 0.396 e. The van der Waals surface area contributed by atoms with E-state index < -0.39 is 30.0 Å². The van der Waals surface area contributed by atoms with Gasteiger partial charge in [-0.05, 0) is 126 Å². The zero-order valence-electron chi connectivity index (χ0n) is 27.5. The van der Waals surface area contributed by atoms with Gasteiger partial charge in [-0.3, -0.25) is 0 Å². The summed E-state index contributed by atoms with van der Waals surface area (Å²) < 4.78 is 0. The SMILES string of the molecule is CCC(C)(O)C(C)CC(CC(C(CCC(C)O)CC(C)O)C(CC(C(C)C)C(C)O)C(C)C(C)CO)C(O)CO. The number of aliphatic hydroxyl groups excluding tert-OH is 6. The fraction of sp³-hybridized carbons (Fsp3) is 1.00. The third kappa shape index (κ3) is 13.4. The Balaban J connectivity index is 6.93. The van der Waals surface area contributed by atoms with E-state index in [-0.39, 0.29) is 66.5 Å². The van der Waals surface area contributed by atoms with Gasteiger partial charge in [-0.25, -0.2) is 0 Å². The topological polar surface area (TPSA) is 142 Å². The Morgan fingerprint density at radius 1 is 0.625 bits per heavy atom. The van der Waals surface area contributed by atoms with Gasteiger partial charge in [0.15, 0.2) is 0 Å². The first-order chi connectivity index (χ1) is 18.4. The van der Waals surface area contributed by atoms with Gasteiger partial charge < -0.3 is 35.7 Å². The van der Waals surface area contributed by atoms with Gasteiger partial charge in [-0.1, -0.05) is 41.5 Å². The summed E-state index contributed by atoms with van der Waals surface area (Å²) in [6.07, 6.45) is 1.78. The van der Waals surface area contributed by atoms with Crippen molar-refractivity contribution in [2.45, 2.75) is 144 Å². The monoisotopic (exact) mass is 576 g/mol. The van der Waals surface area contributed by atoms with Crippen molar-refractivity contribution in [1.82, 2.24) is 0 Å². The van der Waals surface area contributed by atoms with Crippen LogP contribution in [-0.4, -0.2) is 79.0 Å². The molecule has 0 amide bonds. The van der Waals surface area contributed by atoms with Gasteiger partial charge in [0.2, 0.25) is 0 Å². The molecule has 40 heavy (non-hydrogen) atoms. The molecule has 0 spiro atoms. The number of hydrogen-bond donors (Lipinski definition) is 7. The highest BCUT2D eigenvalue weighted by molar-refractivity contribution is 4.90. The Kier molecular flexibility index (Phi) is 19.0. The van der Waals surface area contributed by atoms with Crippen LogP contribution < -0.4 is 0 Å². The van der Waals surface area contributed by atoms with Crippen LogP contribution in [0.2, 0.25) is 0 Å². The second kappa shape index (κ2) is 19.1. The van der Waals surface area contributed by atoms with Crippen molar-refractivity contribution in [3.8, 4) is 0 Å². The van der Waals surface area contributed by atoms with E-state index in [1.54, 1.807) is 13.8 Å². The molecule has 0 saturated carbocycles. The Hall–Kier alpha value is -0.280. The highest BCUT2D eigenvalue weighted by Gasteiger charge is 2.41. The lowest BCUT2D eigenvalue weighted by Crippen LogP contribution is -2.41. The molecule has 7 nitrogen and oxygen atoms in total. The van der Waals surface area contributed by atoms with Crippen LogP contribution in [0.1, 0.15) is 114 Å². The van der Waals surface area contributed by atoms with Gasteiger partial charge in [0.05, 0.1) is 36.6 Å². The van der Waals surface area contributed by atoms with Gasteiger partial charge in [-0.2, -0.15) is 0 Å². The number of hydrogen-bond acceptors (Lipinski definition) is 7. The van der Waals surface area contributed by atoms with Crippen LogP contribution in [0.15, 0.2) is 0 Å². The minimum absolute atomic E-state index is 0.00215. The smallest absolute Gasteiger partial charge is 0.0799 e. The van der Waals surface area contributed by atoms with Crippen LogP contribution in [-0.2, 0) is 0 Å². The van der Waals surface area contributed by atoms with E-state index in [2.05, 4.69) is 20.8 Å². The standard InChI is InChI=1S/C33H68O7/c1-11-33(10,40)22(5)14-28(32(39)19-35)16-31(27(15-24(7)37)13-12-23(6)36)30(25(8)21(4)18-34)17-29(20(2)3)26(9)38/h20-32,34-40H,11-19H2,1-10H3. The maximum atomic E-state index is 11.1. The predicted octanol–water partition coefficient (Wildman–Crippen LogP) is 4.62. The van der Waals surface area contributed by atoms with Gasteiger partial charge in [0, 0.05) is 6.61 Å². The van der Waals surface area contributed by atoms with E-state index in [1.807, 2.05) is 34.6 Å². The number of aliphatic hydroxyl groups is 7. The molecule has 0 aliphatic heterocycles. The summed E-state index contributed by atoms with van der Waals surface area (Å²) in [6.45, 7) is 19.3. The minimum Gasteiger partial charge on any atom is -0.396 e. The Morgan fingerprint density at radius 3 is 1.60 bits per heavy atom. The molecule has 13 unspecified atom stereocenters. The van der Waals surface area contributed by atoms with Crippen LogP contribution in [0.25, 0.3) is 0 Å². The molecule has 0 saturated heterocycles. The molecule has 0 aromatic carbocycles. The van der Waals surface area contributed by atoms with Crippen molar-refractivity contribution in [1.29, 1.82) is 0 Å². The third-order valence-corrected chi connectivity index (χ3v) is 10.4. The molecule has 0 aliphatic rings. The van der Waals surface area contributed by atoms with Crippen molar-refractivity contribution < 1.29 is 35.7 Å². The first-order valence-corrected chi connectivity index (χ1v) is 16.1. The molecule has 13 atom stereocenters. The summed E-state index contributed by atoms with van der Waals surface area (Å²) in [6, 6.07) is 0. The van der Waals surface area contributed by atoms with Crippen LogP contribution in [0, 0.1) is 53.3 Å². The summed E-state index contributed by atoms with van der Waals surface area (Å²) in [5.41, 5.74) is -0.901. The second-order valence-electron chi connectivity index (χ2n) is 14.1. The molecule has 0 aromatic rings. The van der Waals surface area contributed by atoms with E-state index in [1.165, 1.54) is 0 Å². The number of rotatable bonds is 22. The Morgan fingerprint density at radius 2 is 1.20 bits per heavy atom. The Bertz CT molecular complexity index is 628. The lowest BCUT2D eigenvalue weighted by molar-refractivity contribution is -0.0432. The lowest BCUT2D eigenvalue weighted by atomic mass is 9.62. The Labute approximate surface area is 246 Å². The summed E-state index contributed by atoms with van der Waals surface area (Å²) in [5.74, 6) is 0.0984. The predicted molar refractivity (Wildman–Crippen MR) is 164 cm³/mol. The normalized spacial score (nSPS) is 23.2. The van der Waals surface area contributed by atoms with E-state index in [4.69, 9.17) is 0 Å². The van der Waals surface area contributed by atoms with E-state index in [9.17, 15) is 35.7 Å². The summed E-state index contributed by atoms with van der Waals surface area (Å²) in [4.78, 5) is 0. The van der Waals surface area contributed by atoms with Gasteiger partial charge in [0.1, 0.15) is 0 Å². The first kappa shape index (κ1) is 39.7. The molecule has 0 aromatic heterocycles. The second-order valence-corrected chi connectivity index (χ2v) is 14.1. The molecule has 7 N–H and O–H groups in total. The van der Waals surface area contributed by atoms with Crippen LogP contribution >= 0.6 is 0 Å².